The molecule has 104 valence electrons. The van der Waals surface area contributed by atoms with Crippen LogP contribution < -0.4 is 10.6 Å². The van der Waals surface area contributed by atoms with E-state index in [-0.39, 0.29) is 5.82 Å². The van der Waals surface area contributed by atoms with Crippen LogP contribution in [-0.4, -0.2) is 6.03 Å². The average molecular weight is 313 g/mol. The first-order valence-corrected chi connectivity index (χ1v) is 6.50. The Labute approximate surface area is 125 Å². The SMILES string of the molecule is Cc1ccc(NC(=O)Nc2ccc(Cl)c(Cl)c2)cc1F. The van der Waals surface area contributed by atoms with E-state index in [1.54, 1.807) is 31.2 Å². The number of carbonyl (C=O) groups excluding carboxylic acids is 1. The molecule has 0 fully saturated rings. The van der Waals surface area contributed by atoms with Gasteiger partial charge in [-0.15, -0.1) is 0 Å². The standard InChI is InChI=1S/C14H11Cl2FN2O/c1-8-2-3-10(7-13(8)17)19-14(20)18-9-4-5-11(15)12(16)6-9/h2-7H,1H3,(H2,18,19,20). The van der Waals surface area contributed by atoms with Gasteiger partial charge in [-0.1, -0.05) is 29.3 Å². The predicted octanol–water partition coefficient (Wildman–Crippen LogP) is 5.08. The van der Waals surface area contributed by atoms with Crippen molar-refractivity contribution >= 4 is 40.6 Å². The Kier molecular flexibility index (Phi) is 4.47. The molecule has 0 radical (unpaired) electrons. The maximum absolute atomic E-state index is 13.4. The molecule has 2 amide bonds. The van der Waals surface area contributed by atoms with Crippen molar-refractivity contribution in [3.05, 3.63) is 57.8 Å². The molecule has 0 saturated carbocycles. The van der Waals surface area contributed by atoms with E-state index in [1.807, 2.05) is 0 Å². The Morgan fingerprint density at radius 2 is 1.60 bits per heavy atom. The van der Waals surface area contributed by atoms with Crippen molar-refractivity contribution in [2.24, 2.45) is 0 Å². The van der Waals surface area contributed by atoms with E-state index in [4.69, 9.17) is 23.2 Å². The number of hydrogen-bond acceptors (Lipinski definition) is 1. The second-order valence-electron chi connectivity index (χ2n) is 4.17. The molecule has 2 N–H and O–H groups in total. The summed E-state index contributed by atoms with van der Waals surface area (Å²) in [7, 11) is 0. The van der Waals surface area contributed by atoms with Crippen LogP contribution in [0.1, 0.15) is 5.56 Å². The number of nitrogens with one attached hydrogen (secondary N) is 2. The summed E-state index contributed by atoms with van der Waals surface area (Å²) in [6.45, 7) is 1.65. The van der Waals surface area contributed by atoms with Gasteiger partial charge in [0.25, 0.3) is 0 Å². The third-order valence-electron chi connectivity index (χ3n) is 2.61. The molecule has 0 aliphatic heterocycles. The van der Waals surface area contributed by atoms with Gasteiger partial charge in [0.15, 0.2) is 0 Å². The van der Waals surface area contributed by atoms with E-state index >= 15 is 0 Å². The third-order valence-corrected chi connectivity index (χ3v) is 3.35. The molecule has 2 aromatic rings. The molecule has 0 spiro atoms. The molecule has 0 aliphatic rings. The van der Waals surface area contributed by atoms with Crippen LogP contribution in [0.3, 0.4) is 0 Å². The van der Waals surface area contributed by atoms with Gasteiger partial charge in [0, 0.05) is 11.4 Å². The molecule has 0 aliphatic carbocycles. The van der Waals surface area contributed by atoms with Gasteiger partial charge < -0.3 is 10.6 Å². The maximum atomic E-state index is 13.4. The number of amides is 2. The lowest BCUT2D eigenvalue weighted by atomic mass is 10.2. The fourth-order valence-corrected chi connectivity index (χ4v) is 1.84. The monoisotopic (exact) mass is 312 g/mol. The highest BCUT2D eigenvalue weighted by molar-refractivity contribution is 6.42. The lowest BCUT2D eigenvalue weighted by molar-refractivity contribution is 0.262. The van der Waals surface area contributed by atoms with Crippen molar-refractivity contribution < 1.29 is 9.18 Å². The largest absolute Gasteiger partial charge is 0.323 e. The number of rotatable bonds is 2. The molecule has 2 rings (SSSR count). The van der Waals surface area contributed by atoms with E-state index in [9.17, 15) is 9.18 Å². The van der Waals surface area contributed by atoms with Gasteiger partial charge in [0.05, 0.1) is 10.0 Å². The zero-order valence-corrected chi connectivity index (χ0v) is 12.0. The van der Waals surface area contributed by atoms with Crippen molar-refractivity contribution in [1.82, 2.24) is 0 Å². The molecule has 0 aromatic heterocycles. The summed E-state index contributed by atoms with van der Waals surface area (Å²) in [5.74, 6) is -0.377. The Morgan fingerprint density at radius 1 is 1.00 bits per heavy atom. The predicted molar refractivity (Wildman–Crippen MR) is 80.2 cm³/mol. The smallest absolute Gasteiger partial charge is 0.308 e. The molecular weight excluding hydrogens is 302 g/mol. The van der Waals surface area contributed by atoms with Gasteiger partial charge in [-0.05, 0) is 42.8 Å². The minimum Gasteiger partial charge on any atom is -0.308 e. The lowest BCUT2D eigenvalue weighted by Crippen LogP contribution is -2.19. The van der Waals surface area contributed by atoms with Crippen LogP contribution in [0.4, 0.5) is 20.6 Å². The fourth-order valence-electron chi connectivity index (χ4n) is 1.54. The third kappa shape index (κ3) is 3.62. The minimum absolute atomic E-state index is 0.339. The second kappa shape index (κ2) is 6.11. The van der Waals surface area contributed by atoms with Gasteiger partial charge in [-0.25, -0.2) is 9.18 Å². The Balaban J connectivity index is 2.04. The van der Waals surface area contributed by atoms with Gasteiger partial charge in [0.2, 0.25) is 0 Å². The molecule has 20 heavy (non-hydrogen) atoms. The number of anilines is 2. The highest BCUT2D eigenvalue weighted by atomic mass is 35.5. The summed E-state index contributed by atoms with van der Waals surface area (Å²) in [6.07, 6.45) is 0. The molecule has 3 nitrogen and oxygen atoms in total. The van der Waals surface area contributed by atoms with Crippen molar-refractivity contribution in [3.8, 4) is 0 Å². The van der Waals surface area contributed by atoms with Crippen LogP contribution in [0, 0.1) is 12.7 Å². The second-order valence-corrected chi connectivity index (χ2v) is 4.99. The van der Waals surface area contributed by atoms with E-state index in [0.29, 0.717) is 27.0 Å². The number of aryl methyl sites for hydroxylation is 1. The molecule has 0 saturated heterocycles. The van der Waals surface area contributed by atoms with Gasteiger partial charge in [-0.2, -0.15) is 0 Å². The molecular formula is C14H11Cl2FN2O. The number of benzene rings is 2. The van der Waals surface area contributed by atoms with Crippen molar-refractivity contribution in [2.45, 2.75) is 6.92 Å². The summed E-state index contributed by atoms with van der Waals surface area (Å²) < 4.78 is 13.4. The van der Waals surface area contributed by atoms with Gasteiger partial charge in [0.1, 0.15) is 5.82 Å². The topological polar surface area (TPSA) is 41.1 Å². The van der Waals surface area contributed by atoms with E-state index < -0.39 is 6.03 Å². The number of urea groups is 1. The molecule has 0 bridgehead atoms. The average Bonchev–Trinajstić information content (AvgIpc) is 2.38. The molecule has 6 heteroatoms. The van der Waals surface area contributed by atoms with Crippen molar-refractivity contribution in [2.75, 3.05) is 10.6 Å². The van der Waals surface area contributed by atoms with E-state index in [1.165, 1.54) is 12.1 Å². The summed E-state index contributed by atoms with van der Waals surface area (Å²) in [6, 6.07) is 8.68. The Bertz CT molecular complexity index is 606. The van der Waals surface area contributed by atoms with Crippen molar-refractivity contribution in [1.29, 1.82) is 0 Å². The lowest BCUT2D eigenvalue weighted by Gasteiger charge is -2.09. The summed E-state index contributed by atoms with van der Waals surface area (Å²) in [5.41, 5.74) is 1.37. The molecule has 0 unspecified atom stereocenters. The van der Waals surface area contributed by atoms with Crippen LogP contribution >= 0.6 is 23.2 Å². The van der Waals surface area contributed by atoms with Crippen LogP contribution in [0.5, 0.6) is 0 Å². The fraction of sp³-hybridized carbons (Fsp3) is 0.0714. The number of hydrogen-bond donors (Lipinski definition) is 2. The molecule has 2 aromatic carbocycles. The molecule has 0 heterocycles. The molecule has 0 atom stereocenters. The highest BCUT2D eigenvalue weighted by Crippen LogP contribution is 2.25. The van der Waals surface area contributed by atoms with Crippen molar-refractivity contribution in [3.63, 3.8) is 0 Å². The number of carbonyl (C=O) groups is 1. The highest BCUT2D eigenvalue weighted by Gasteiger charge is 2.06. The zero-order valence-electron chi connectivity index (χ0n) is 10.5. The summed E-state index contributed by atoms with van der Waals surface area (Å²) >= 11 is 11.6. The maximum Gasteiger partial charge on any atom is 0.323 e. The van der Waals surface area contributed by atoms with E-state index in [2.05, 4.69) is 10.6 Å². The Hall–Kier alpha value is -1.78. The van der Waals surface area contributed by atoms with E-state index in [0.717, 1.165) is 0 Å². The first-order valence-electron chi connectivity index (χ1n) is 5.75. The summed E-state index contributed by atoms with van der Waals surface area (Å²) in [4.78, 5) is 11.8. The van der Waals surface area contributed by atoms with Gasteiger partial charge >= 0.3 is 6.03 Å². The normalized spacial score (nSPS) is 10.2. The zero-order chi connectivity index (χ0) is 14.7. The van der Waals surface area contributed by atoms with Crippen LogP contribution in [0.15, 0.2) is 36.4 Å². The van der Waals surface area contributed by atoms with Crippen LogP contribution in [-0.2, 0) is 0 Å². The van der Waals surface area contributed by atoms with Crippen LogP contribution in [0.2, 0.25) is 10.0 Å². The van der Waals surface area contributed by atoms with Gasteiger partial charge in [-0.3, -0.25) is 0 Å². The number of halogens is 3. The first-order chi connectivity index (χ1) is 9.45. The van der Waals surface area contributed by atoms with Crippen LogP contribution in [0.25, 0.3) is 0 Å². The Morgan fingerprint density at radius 3 is 2.20 bits per heavy atom. The minimum atomic E-state index is -0.494. The quantitative estimate of drug-likeness (QED) is 0.797. The first kappa shape index (κ1) is 14.6. The summed E-state index contributed by atoms with van der Waals surface area (Å²) in [5, 5.41) is 5.84.